The number of aryl methyl sites for hydroxylation is 1. The van der Waals surface area contributed by atoms with E-state index in [9.17, 15) is 0 Å². The predicted molar refractivity (Wildman–Crippen MR) is 55.6 cm³/mol. The van der Waals surface area contributed by atoms with Gasteiger partial charge in [-0.3, -0.25) is 0 Å². The van der Waals surface area contributed by atoms with E-state index in [1.165, 1.54) is 0 Å². The first-order valence-corrected chi connectivity index (χ1v) is 4.55. The van der Waals surface area contributed by atoms with Gasteiger partial charge in [0.25, 0.3) is 0 Å². The standard InChI is InChI=1S/C10H11ClN2/c1-8-6-9(4-2-3-5-11)13-10(12)7-8/h6-7H,3,5H2,1H3,(H2,12,13). The van der Waals surface area contributed by atoms with Crippen molar-refractivity contribution < 1.29 is 0 Å². The van der Waals surface area contributed by atoms with Gasteiger partial charge in [-0.05, 0) is 30.5 Å². The van der Waals surface area contributed by atoms with E-state index in [1.54, 1.807) is 0 Å². The topological polar surface area (TPSA) is 38.9 Å². The molecule has 0 radical (unpaired) electrons. The first-order valence-electron chi connectivity index (χ1n) is 4.01. The zero-order valence-electron chi connectivity index (χ0n) is 7.47. The minimum absolute atomic E-state index is 0.509. The number of hydrogen-bond donors (Lipinski definition) is 1. The molecule has 1 aromatic heterocycles. The average Bonchev–Trinajstić information content (AvgIpc) is 2.03. The Bertz CT molecular complexity index is 329. The molecule has 13 heavy (non-hydrogen) atoms. The Morgan fingerprint density at radius 3 is 2.92 bits per heavy atom. The lowest BCUT2D eigenvalue weighted by Crippen LogP contribution is -1.93. The van der Waals surface area contributed by atoms with Crippen LogP contribution in [-0.2, 0) is 0 Å². The van der Waals surface area contributed by atoms with Gasteiger partial charge in [0.15, 0.2) is 0 Å². The predicted octanol–water partition coefficient (Wildman–Crippen LogP) is 1.95. The Kier molecular flexibility index (Phi) is 3.60. The molecule has 0 fully saturated rings. The number of nitrogens with two attached hydrogens (primary N) is 1. The average molecular weight is 195 g/mol. The van der Waals surface area contributed by atoms with Gasteiger partial charge in [0.1, 0.15) is 11.5 Å². The van der Waals surface area contributed by atoms with E-state index in [-0.39, 0.29) is 0 Å². The van der Waals surface area contributed by atoms with Crippen LogP contribution in [0.2, 0.25) is 0 Å². The quantitative estimate of drug-likeness (QED) is 0.548. The highest BCUT2D eigenvalue weighted by Gasteiger charge is 1.92. The van der Waals surface area contributed by atoms with Crippen molar-refractivity contribution in [2.24, 2.45) is 0 Å². The second-order valence-corrected chi connectivity index (χ2v) is 3.07. The fourth-order valence-corrected chi connectivity index (χ4v) is 1.05. The molecule has 0 bridgehead atoms. The SMILES string of the molecule is Cc1cc(N)nc(C#CCCCl)c1. The van der Waals surface area contributed by atoms with Crippen molar-refractivity contribution in [3.8, 4) is 11.8 Å². The number of alkyl halides is 1. The molecule has 0 atom stereocenters. The second kappa shape index (κ2) is 4.74. The zero-order valence-corrected chi connectivity index (χ0v) is 8.23. The Labute approximate surface area is 83.1 Å². The van der Waals surface area contributed by atoms with E-state index >= 15 is 0 Å². The van der Waals surface area contributed by atoms with Crippen molar-refractivity contribution in [1.82, 2.24) is 4.98 Å². The van der Waals surface area contributed by atoms with E-state index in [0.29, 0.717) is 23.8 Å². The molecule has 3 heteroatoms. The van der Waals surface area contributed by atoms with Gasteiger partial charge in [-0.25, -0.2) is 4.98 Å². The van der Waals surface area contributed by atoms with Crippen molar-refractivity contribution in [3.05, 3.63) is 23.4 Å². The van der Waals surface area contributed by atoms with Crippen molar-refractivity contribution in [3.63, 3.8) is 0 Å². The maximum atomic E-state index is 5.56. The van der Waals surface area contributed by atoms with E-state index in [0.717, 1.165) is 5.56 Å². The summed E-state index contributed by atoms with van der Waals surface area (Å²) in [5, 5.41) is 0. The lowest BCUT2D eigenvalue weighted by Gasteiger charge is -1.96. The fourth-order valence-electron chi connectivity index (χ4n) is 0.959. The molecule has 68 valence electrons. The molecule has 1 rings (SSSR count). The van der Waals surface area contributed by atoms with Gasteiger partial charge < -0.3 is 5.73 Å². The monoisotopic (exact) mass is 194 g/mol. The van der Waals surface area contributed by atoms with Crippen molar-refractivity contribution in [1.29, 1.82) is 0 Å². The second-order valence-electron chi connectivity index (χ2n) is 2.70. The summed E-state index contributed by atoms with van der Waals surface area (Å²) >= 11 is 5.48. The lowest BCUT2D eigenvalue weighted by atomic mass is 10.2. The highest BCUT2D eigenvalue weighted by atomic mass is 35.5. The summed E-state index contributed by atoms with van der Waals surface area (Å²) < 4.78 is 0. The van der Waals surface area contributed by atoms with Crippen LogP contribution in [0.3, 0.4) is 0 Å². The zero-order chi connectivity index (χ0) is 9.68. The van der Waals surface area contributed by atoms with Crippen molar-refractivity contribution in [2.75, 3.05) is 11.6 Å². The molecule has 2 N–H and O–H groups in total. The molecule has 0 spiro atoms. The summed E-state index contributed by atoms with van der Waals surface area (Å²) in [5.74, 6) is 6.87. The number of nitrogens with zero attached hydrogens (tertiary/aromatic N) is 1. The highest BCUT2D eigenvalue weighted by Crippen LogP contribution is 2.04. The molecule has 2 nitrogen and oxygen atoms in total. The van der Waals surface area contributed by atoms with Crippen LogP contribution in [0, 0.1) is 18.8 Å². The number of halogens is 1. The Hall–Kier alpha value is -1.20. The van der Waals surface area contributed by atoms with Crippen molar-refractivity contribution in [2.45, 2.75) is 13.3 Å². The Balaban J connectivity index is 2.85. The number of nitrogen functional groups attached to an aromatic ring is 1. The van der Waals surface area contributed by atoms with Crippen LogP contribution in [0.5, 0.6) is 0 Å². The molecule has 0 aliphatic rings. The highest BCUT2D eigenvalue weighted by molar-refractivity contribution is 6.18. The van der Waals surface area contributed by atoms with Gasteiger partial charge in [-0.15, -0.1) is 11.6 Å². The summed E-state index contributed by atoms with van der Waals surface area (Å²) in [6, 6.07) is 3.71. The molecular weight excluding hydrogens is 184 g/mol. The van der Waals surface area contributed by atoms with E-state index in [4.69, 9.17) is 17.3 Å². The maximum Gasteiger partial charge on any atom is 0.125 e. The van der Waals surface area contributed by atoms with Crippen LogP contribution in [0.4, 0.5) is 5.82 Å². The lowest BCUT2D eigenvalue weighted by molar-refractivity contribution is 1.25. The minimum Gasteiger partial charge on any atom is -0.384 e. The van der Waals surface area contributed by atoms with Gasteiger partial charge in [-0.2, -0.15) is 0 Å². The fraction of sp³-hybridized carbons (Fsp3) is 0.300. The number of hydrogen-bond acceptors (Lipinski definition) is 2. The summed E-state index contributed by atoms with van der Waals surface area (Å²) in [7, 11) is 0. The Morgan fingerprint density at radius 2 is 2.31 bits per heavy atom. The number of pyridine rings is 1. The molecule has 0 unspecified atom stereocenters. The third-order valence-corrected chi connectivity index (χ3v) is 1.61. The van der Waals surface area contributed by atoms with Crippen LogP contribution >= 0.6 is 11.6 Å². The maximum absolute atomic E-state index is 5.56. The summed E-state index contributed by atoms with van der Waals surface area (Å²) in [6.07, 6.45) is 0.678. The molecule has 0 aromatic carbocycles. The molecule has 1 heterocycles. The van der Waals surface area contributed by atoms with Crippen LogP contribution < -0.4 is 5.73 Å². The van der Waals surface area contributed by atoms with Gasteiger partial charge in [0, 0.05) is 12.3 Å². The molecule has 0 saturated heterocycles. The molecule has 1 aromatic rings. The van der Waals surface area contributed by atoms with Crippen LogP contribution in [0.25, 0.3) is 0 Å². The van der Waals surface area contributed by atoms with E-state index in [2.05, 4.69) is 16.8 Å². The summed E-state index contributed by atoms with van der Waals surface area (Å²) in [5.41, 5.74) is 7.34. The first-order chi connectivity index (χ1) is 6.22. The van der Waals surface area contributed by atoms with Crippen LogP contribution in [0.15, 0.2) is 12.1 Å². The Morgan fingerprint density at radius 1 is 1.54 bits per heavy atom. The van der Waals surface area contributed by atoms with Crippen molar-refractivity contribution >= 4 is 17.4 Å². The normalized spacial score (nSPS) is 9.08. The first kappa shape index (κ1) is 9.88. The van der Waals surface area contributed by atoms with Gasteiger partial charge in [-0.1, -0.05) is 5.92 Å². The van der Waals surface area contributed by atoms with Crippen LogP contribution in [-0.4, -0.2) is 10.9 Å². The van der Waals surface area contributed by atoms with Gasteiger partial charge >= 0.3 is 0 Å². The van der Waals surface area contributed by atoms with Crippen LogP contribution in [0.1, 0.15) is 17.7 Å². The molecule has 0 saturated carbocycles. The third kappa shape index (κ3) is 3.35. The number of anilines is 1. The summed E-state index contributed by atoms with van der Waals surface area (Å²) in [6.45, 7) is 1.96. The smallest absolute Gasteiger partial charge is 0.125 e. The molecule has 0 aliphatic carbocycles. The van der Waals surface area contributed by atoms with Gasteiger partial charge in [0.05, 0.1) is 0 Å². The third-order valence-electron chi connectivity index (χ3n) is 1.43. The summed E-state index contributed by atoms with van der Waals surface area (Å²) in [4.78, 5) is 4.07. The van der Waals surface area contributed by atoms with E-state index in [1.807, 2.05) is 19.1 Å². The van der Waals surface area contributed by atoms with Gasteiger partial charge in [0.2, 0.25) is 0 Å². The minimum atomic E-state index is 0.509. The number of rotatable bonds is 1. The molecule has 0 amide bonds. The molecule has 0 aliphatic heterocycles. The molecular formula is C10H11ClN2. The van der Waals surface area contributed by atoms with E-state index < -0.39 is 0 Å². The largest absolute Gasteiger partial charge is 0.384 e. The number of aromatic nitrogens is 1.